The summed E-state index contributed by atoms with van der Waals surface area (Å²) in [5, 5.41) is 2.63. The molecule has 0 aromatic rings. The van der Waals surface area contributed by atoms with Gasteiger partial charge in [0.1, 0.15) is 5.60 Å². The quantitative estimate of drug-likeness (QED) is 0.773. The van der Waals surface area contributed by atoms with Crippen molar-refractivity contribution >= 4 is 12.1 Å². The molecule has 0 radical (unpaired) electrons. The molecule has 17 heavy (non-hydrogen) atoms. The molecular weight excluding hydrogens is 222 g/mol. The number of alkyl carbamates (subject to hydrolysis) is 1. The number of esters is 1. The molecule has 0 rings (SSSR count). The molecule has 0 aromatic carbocycles. The van der Waals surface area contributed by atoms with Crippen molar-refractivity contribution in [2.45, 2.75) is 53.2 Å². The highest BCUT2D eigenvalue weighted by atomic mass is 16.6. The van der Waals surface area contributed by atoms with Crippen LogP contribution in [0.2, 0.25) is 0 Å². The first kappa shape index (κ1) is 15.7. The van der Waals surface area contributed by atoms with Gasteiger partial charge in [0.25, 0.3) is 0 Å². The lowest BCUT2D eigenvalue weighted by molar-refractivity contribution is -0.152. The van der Waals surface area contributed by atoms with Crippen molar-refractivity contribution in [1.29, 1.82) is 0 Å². The van der Waals surface area contributed by atoms with Crippen LogP contribution >= 0.6 is 0 Å². The summed E-state index contributed by atoms with van der Waals surface area (Å²) in [4.78, 5) is 23.1. The molecule has 0 spiro atoms. The molecule has 5 nitrogen and oxygen atoms in total. The van der Waals surface area contributed by atoms with Crippen LogP contribution in [0.25, 0.3) is 0 Å². The smallest absolute Gasteiger partial charge is 0.407 e. The van der Waals surface area contributed by atoms with E-state index < -0.39 is 17.1 Å². The van der Waals surface area contributed by atoms with E-state index in [2.05, 4.69) is 10.1 Å². The van der Waals surface area contributed by atoms with Crippen LogP contribution in [0, 0.1) is 5.41 Å². The van der Waals surface area contributed by atoms with Crippen molar-refractivity contribution in [2.24, 2.45) is 5.41 Å². The predicted octanol–water partition coefficient (Wildman–Crippen LogP) is 2.10. The molecule has 1 N–H and O–H groups in total. The molecule has 0 bridgehead atoms. The highest BCUT2D eigenvalue weighted by Crippen LogP contribution is 2.22. The minimum atomic E-state index is -0.800. The summed E-state index contributed by atoms with van der Waals surface area (Å²) in [6, 6.07) is -0.384. The zero-order chi connectivity index (χ0) is 13.9. The maximum Gasteiger partial charge on any atom is 0.407 e. The third kappa shape index (κ3) is 5.06. The average molecular weight is 245 g/mol. The van der Waals surface area contributed by atoms with E-state index in [-0.39, 0.29) is 12.0 Å². The summed E-state index contributed by atoms with van der Waals surface area (Å²) in [7, 11) is 1.32. The standard InChI is InChI=1S/C12H23NO4/c1-8(12(5,6)9(14)16-7)13-10(15)17-11(2,3)4/h8H,1-7H3,(H,13,15)/t8-/m0/s1. The van der Waals surface area contributed by atoms with Gasteiger partial charge in [-0.05, 0) is 41.5 Å². The Hall–Kier alpha value is -1.26. The Morgan fingerprint density at radius 1 is 1.12 bits per heavy atom. The number of ether oxygens (including phenoxy) is 2. The van der Waals surface area contributed by atoms with Crippen LogP contribution in [0.1, 0.15) is 41.5 Å². The maximum atomic E-state index is 11.5. The first-order valence-electron chi connectivity index (χ1n) is 5.58. The molecule has 0 saturated carbocycles. The number of carbonyl (C=O) groups is 2. The lowest BCUT2D eigenvalue weighted by atomic mass is 9.85. The van der Waals surface area contributed by atoms with Gasteiger partial charge >= 0.3 is 12.1 Å². The summed E-state index contributed by atoms with van der Waals surface area (Å²) in [5.41, 5.74) is -1.36. The Morgan fingerprint density at radius 2 is 1.59 bits per heavy atom. The summed E-state index contributed by atoms with van der Waals surface area (Å²) in [5.74, 6) is -0.374. The third-order valence-electron chi connectivity index (χ3n) is 2.53. The van der Waals surface area contributed by atoms with Crippen LogP contribution < -0.4 is 5.32 Å². The Bertz CT molecular complexity index is 291. The van der Waals surface area contributed by atoms with Crippen molar-refractivity contribution in [1.82, 2.24) is 5.32 Å². The fraction of sp³-hybridized carbons (Fsp3) is 0.833. The summed E-state index contributed by atoms with van der Waals surface area (Å²) >= 11 is 0. The van der Waals surface area contributed by atoms with E-state index in [0.717, 1.165) is 0 Å². The normalized spacial score (nSPS) is 13.8. The maximum absolute atomic E-state index is 11.5. The van der Waals surface area contributed by atoms with Gasteiger partial charge in [0.2, 0.25) is 0 Å². The predicted molar refractivity (Wildman–Crippen MR) is 64.6 cm³/mol. The lowest BCUT2D eigenvalue weighted by Crippen LogP contribution is -2.48. The first-order valence-corrected chi connectivity index (χ1v) is 5.58. The molecule has 100 valence electrons. The van der Waals surface area contributed by atoms with Crippen LogP contribution in [0.4, 0.5) is 4.79 Å². The first-order chi connectivity index (χ1) is 7.50. The molecular formula is C12H23NO4. The van der Waals surface area contributed by atoms with Crippen molar-refractivity contribution in [2.75, 3.05) is 7.11 Å². The summed E-state index contributed by atoms with van der Waals surface area (Å²) < 4.78 is 9.80. The zero-order valence-corrected chi connectivity index (χ0v) is 11.7. The van der Waals surface area contributed by atoms with Crippen LogP contribution in [0.15, 0.2) is 0 Å². The Balaban J connectivity index is 4.49. The number of hydrogen-bond acceptors (Lipinski definition) is 4. The lowest BCUT2D eigenvalue weighted by Gasteiger charge is -2.30. The van der Waals surface area contributed by atoms with Gasteiger partial charge in [-0.25, -0.2) is 4.79 Å². The molecule has 0 aliphatic carbocycles. The van der Waals surface area contributed by atoms with E-state index in [9.17, 15) is 9.59 Å². The van der Waals surface area contributed by atoms with Gasteiger partial charge in [-0.15, -0.1) is 0 Å². The number of rotatable bonds is 3. The van der Waals surface area contributed by atoms with E-state index in [1.807, 2.05) is 0 Å². The molecule has 0 unspecified atom stereocenters. The minimum Gasteiger partial charge on any atom is -0.469 e. The SMILES string of the molecule is COC(=O)C(C)(C)[C@H](C)NC(=O)OC(C)(C)C. The summed E-state index contributed by atoms with van der Waals surface area (Å²) in [6.45, 7) is 10.5. The largest absolute Gasteiger partial charge is 0.469 e. The van der Waals surface area contributed by atoms with Crippen molar-refractivity contribution in [3.63, 3.8) is 0 Å². The van der Waals surface area contributed by atoms with Crippen LogP contribution in [-0.2, 0) is 14.3 Å². The topological polar surface area (TPSA) is 64.6 Å². The van der Waals surface area contributed by atoms with Gasteiger partial charge in [0, 0.05) is 6.04 Å². The Kier molecular flexibility index (Phi) is 4.98. The number of carbonyl (C=O) groups excluding carboxylic acids is 2. The minimum absolute atomic E-state index is 0.374. The highest BCUT2D eigenvalue weighted by Gasteiger charge is 2.36. The monoisotopic (exact) mass is 245 g/mol. The van der Waals surface area contributed by atoms with E-state index >= 15 is 0 Å². The molecule has 0 aliphatic rings. The molecule has 0 saturated heterocycles. The molecule has 1 amide bonds. The molecule has 0 heterocycles. The zero-order valence-electron chi connectivity index (χ0n) is 11.7. The fourth-order valence-electron chi connectivity index (χ4n) is 1.10. The van der Waals surface area contributed by atoms with Gasteiger partial charge in [0.15, 0.2) is 0 Å². The molecule has 0 aromatic heterocycles. The van der Waals surface area contributed by atoms with Crippen molar-refractivity contribution < 1.29 is 19.1 Å². The van der Waals surface area contributed by atoms with Gasteiger partial charge in [-0.1, -0.05) is 0 Å². The van der Waals surface area contributed by atoms with Gasteiger partial charge in [-0.2, -0.15) is 0 Å². The summed E-state index contributed by atoms with van der Waals surface area (Å²) in [6.07, 6.45) is -0.540. The fourth-order valence-corrected chi connectivity index (χ4v) is 1.10. The van der Waals surface area contributed by atoms with E-state index in [1.54, 1.807) is 41.5 Å². The molecule has 0 aliphatic heterocycles. The molecule has 0 fully saturated rings. The Morgan fingerprint density at radius 3 is 1.94 bits per heavy atom. The Labute approximate surface area is 103 Å². The van der Waals surface area contributed by atoms with Gasteiger partial charge in [0.05, 0.1) is 12.5 Å². The van der Waals surface area contributed by atoms with Crippen molar-refractivity contribution in [3.05, 3.63) is 0 Å². The number of amides is 1. The van der Waals surface area contributed by atoms with Crippen molar-refractivity contribution in [3.8, 4) is 0 Å². The average Bonchev–Trinajstić information content (AvgIpc) is 2.12. The third-order valence-corrected chi connectivity index (χ3v) is 2.53. The van der Waals surface area contributed by atoms with E-state index in [0.29, 0.717) is 0 Å². The number of methoxy groups -OCH3 is 1. The van der Waals surface area contributed by atoms with Crippen LogP contribution in [0.5, 0.6) is 0 Å². The second kappa shape index (κ2) is 5.38. The number of nitrogens with one attached hydrogen (secondary N) is 1. The molecule has 5 heteroatoms. The van der Waals surface area contributed by atoms with Gasteiger partial charge in [-0.3, -0.25) is 4.79 Å². The van der Waals surface area contributed by atoms with Crippen LogP contribution in [0.3, 0.4) is 0 Å². The second-order valence-electron chi connectivity index (χ2n) is 5.58. The van der Waals surface area contributed by atoms with E-state index in [1.165, 1.54) is 7.11 Å². The van der Waals surface area contributed by atoms with E-state index in [4.69, 9.17) is 4.74 Å². The highest BCUT2D eigenvalue weighted by molar-refractivity contribution is 5.78. The number of hydrogen-bond donors (Lipinski definition) is 1. The van der Waals surface area contributed by atoms with Gasteiger partial charge < -0.3 is 14.8 Å². The molecule has 1 atom stereocenters. The second-order valence-corrected chi connectivity index (χ2v) is 5.58. The van der Waals surface area contributed by atoms with Crippen LogP contribution in [-0.4, -0.2) is 30.8 Å².